The third-order valence-corrected chi connectivity index (χ3v) is 5.62. The summed E-state index contributed by atoms with van der Waals surface area (Å²) in [6.45, 7) is 6.02. The molecular formula is C23H37N3O2. The average molecular weight is 388 g/mol. The highest BCUT2D eigenvalue weighted by atomic mass is 16.2. The summed E-state index contributed by atoms with van der Waals surface area (Å²) < 4.78 is 0. The van der Waals surface area contributed by atoms with Crippen molar-refractivity contribution >= 4 is 11.8 Å². The number of nitrogens with one attached hydrogen (secondary N) is 2. The second-order valence-corrected chi connectivity index (χ2v) is 8.53. The summed E-state index contributed by atoms with van der Waals surface area (Å²) >= 11 is 0. The maximum atomic E-state index is 12.8. The lowest BCUT2D eigenvalue weighted by atomic mass is 9.78. The zero-order chi connectivity index (χ0) is 20.4. The van der Waals surface area contributed by atoms with E-state index in [0.717, 1.165) is 58.0 Å². The molecule has 0 aromatic heterocycles. The van der Waals surface area contributed by atoms with Gasteiger partial charge in [-0.3, -0.25) is 9.59 Å². The van der Waals surface area contributed by atoms with E-state index in [-0.39, 0.29) is 29.7 Å². The van der Waals surface area contributed by atoms with Crippen LogP contribution in [0.3, 0.4) is 0 Å². The van der Waals surface area contributed by atoms with Crippen LogP contribution in [0.1, 0.15) is 57.9 Å². The van der Waals surface area contributed by atoms with Crippen LogP contribution in [-0.4, -0.2) is 30.9 Å². The number of carbonyl (C=O) groups is 2. The van der Waals surface area contributed by atoms with Gasteiger partial charge in [0.05, 0.1) is 0 Å². The number of primary amides is 1. The zero-order valence-corrected chi connectivity index (χ0v) is 17.5. The molecule has 0 saturated heterocycles. The van der Waals surface area contributed by atoms with Crippen molar-refractivity contribution in [3.63, 3.8) is 0 Å². The molecule has 2 amide bonds. The van der Waals surface area contributed by atoms with Crippen LogP contribution in [0.2, 0.25) is 0 Å². The molecule has 1 aliphatic carbocycles. The fourth-order valence-corrected chi connectivity index (χ4v) is 4.19. The van der Waals surface area contributed by atoms with Gasteiger partial charge in [0, 0.05) is 24.4 Å². The smallest absolute Gasteiger partial charge is 0.224 e. The van der Waals surface area contributed by atoms with Gasteiger partial charge in [-0.1, -0.05) is 57.0 Å². The van der Waals surface area contributed by atoms with Crippen LogP contribution in [0.4, 0.5) is 0 Å². The van der Waals surface area contributed by atoms with Gasteiger partial charge in [0.1, 0.15) is 0 Å². The van der Waals surface area contributed by atoms with Crippen molar-refractivity contribution in [2.24, 2.45) is 23.5 Å². The van der Waals surface area contributed by atoms with Crippen molar-refractivity contribution < 1.29 is 9.59 Å². The summed E-state index contributed by atoms with van der Waals surface area (Å²) in [6.07, 6.45) is 6.52. The molecule has 28 heavy (non-hydrogen) atoms. The van der Waals surface area contributed by atoms with Gasteiger partial charge < -0.3 is 16.4 Å². The third kappa shape index (κ3) is 7.63. The van der Waals surface area contributed by atoms with E-state index in [2.05, 4.69) is 48.7 Å². The maximum Gasteiger partial charge on any atom is 0.224 e. The SMILES string of the molecule is CC(C)CC(CNCCCc1ccccc1)NC(=O)[C@@H]1CCCC[C@@H]1C(N)=O. The molecule has 3 atom stereocenters. The number of nitrogens with two attached hydrogens (primary N) is 1. The molecule has 1 aliphatic rings. The van der Waals surface area contributed by atoms with Gasteiger partial charge in [-0.15, -0.1) is 0 Å². The van der Waals surface area contributed by atoms with E-state index in [4.69, 9.17) is 5.73 Å². The highest BCUT2D eigenvalue weighted by Gasteiger charge is 2.35. The first-order chi connectivity index (χ1) is 13.5. The van der Waals surface area contributed by atoms with E-state index >= 15 is 0 Å². The fourth-order valence-electron chi connectivity index (χ4n) is 4.19. The van der Waals surface area contributed by atoms with Crippen molar-refractivity contribution in [2.45, 2.75) is 64.8 Å². The molecule has 1 fully saturated rings. The highest BCUT2D eigenvalue weighted by molar-refractivity contribution is 5.87. The first-order valence-electron chi connectivity index (χ1n) is 10.8. The van der Waals surface area contributed by atoms with Crippen molar-refractivity contribution in [3.05, 3.63) is 35.9 Å². The van der Waals surface area contributed by atoms with E-state index in [0.29, 0.717) is 5.92 Å². The number of rotatable bonds is 11. The van der Waals surface area contributed by atoms with Gasteiger partial charge in [-0.2, -0.15) is 0 Å². The number of benzene rings is 1. The van der Waals surface area contributed by atoms with Gasteiger partial charge in [0.2, 0.25) is 11.8 Å². The minimum atomic E-state index is -0.334. The van der Waals surface area contributed by atoms with E-state index in [1.807, 2.05) is 6.07 Å². The molecule has 1 unspecified atom stereocenters. The van der Waals surface area contributed by atoms with E-state index in [1.54, 1.807) is 0 Å². The molecule has 2 rings (SSSR count). The Morgan fingerprint density at radius 3 is 2.43 bits per heavy atom. The molecule has 1 aromatic carbocycles. The monoisotopic (exact) mass is 387 g/mol. The maximum absolute atomic E-state index is 12.8. The van der Waals surface area contributed by atoms with Gasteiger partial charge in [-0.05, 0) is 50.1 Å². The lowest BCUT2D eigenvalue weighted by Gasteiger charge is -2.30. The van der Waals surface area contributed by atoms with Gasteiger partial charge >= 0.3 is 0 Å². The minimum absolute atomic E-state index is 0.000218. The molecule has 5 heteroatoms. The predicted octanol–water partition coefficient (Wildman–Crippen LogP) is 3.03. The van der Waals surface area contributed by atoms with Crippen LogP contribution in [0.25, 0.3) is 0 Å². The quantitative estimate of drug-likeness (QED) is 0.510. The number of aryl methyl sites for hydroxylation is 1. The molecule has 156 valence electrons. The molecule has 4 N–H and O–H groups in total. The van der Waals surface area contributed by atoms with Crippen LogP contribution in [0.15, 0.2) is 30.3 Å². The number of hydrogen-bond acceptors (Lipinski definition) is 3. The fraction of sp³-hybridized carbons (Fsp3) is 0.652. The van der Waals surface area contributed by atoms with Gasteiger partial charge in [0.15, 0.2) is 0 Å². The Labute approximate surface area is 169 Å². The average Bonchev–Trinajstić information content (AvgIpc) is 2.68. The Bertz CT molecular complexity index is 603. The van der Waals surface area contributed by atoms with Crippen molar-refractivity contribution in [1.82, 2.24) is 10.6 Å². The number of amides is 2. The largest absolute Gasteiger partial charge is 0.369 e. The van der Waals surface area contributed by atoms with Crippen molar-refractivity contribution in [2.75, 3.05) is 13.1 Å². The summed E-state index contributed by atoms with van der Waals surface area (Å²) in [6, 6.07) is 10.6. The summed E-state index contributed by atoms with van der Waals surface area (Å²) in [7, 11) is 0. The third-order valence-electron chi connectivity index (χ3n) is 5.62. The normalized spacial score (nSPS) is 20.7. The molecule has 0 spiro atoms. The number of carbonyl (C=O) groups excluding carboxylic acids is 2. The molecule has 1 saturated carbocycles. The topological polar surface area (TPSA) is 84.2 Å². The predicted molar refractivity (Wildman–Crippen MR) is 114 cm³/mol. The molecule has 0 radical (unpaired) electrons. The van der Waals surface area contributed by atoms with E-state index in [9.17, 15) is 9.59 Å². The number of hydrogen-bond donors (Lipinski definition) is 3. The van der Waals surface area contributed by atoms with Gasteiger partial charge in [-0.25, -0.2) is 0 Å². The molecular weight excluding hydrogens is 350 g/mol. The Morgan fingerprint density at radius 2 is 1.79 bits per heavy atom. The Morgan fingerprint density at radius 1 is 1.11 bits per heavy atom. The van der Waals surface area contributed by atoms with E-state index in [1.165, 1.54) is 5.56 Å². The van der Waals surface area contributed by atoms with Crippen LogP contribution >= 0.6 is 0 Å². The molecule has 1 aromatic rings. The summed E-state index contributed by atoms with van der Waals surface area (Å²) in [5, 5.41) is 6.70. The first-order valence-corrected chi connectivity index (χ1v) is 10.8. The standard InChI is InChI=1S/C23H37N3O2/c1-17(2)15-19(16-25-14-8-11-18-9-4-3-5-10-18)26-23(28)21-13-7-6-12-20(21)22(24)27/h3-5,9-10,17,19-21,25H,6-8,11-16H2,1-2H3,(H2,24,27)(H,26,28)/t19?,20-,21+/m0/s1. The zero-order valence-electron chi connectivity index (χ0n) is 17.5. The van der Waals surface area contributed by atoms with E-state index < -0.39 is 0 Å². The Hall–Kier alpha value is -1.88. The second kappa shape index (κ2) is 11.8. The van der Waals surface area contributed by atoms with Gasteiger partial charge in [0.25, 0.3) is 0 Å². The Kier molecular flexibility index (Phi) is 9.48. The summed E-state index contributed by atoms with van der Waals surface area (Å²) in [5.41, 5.74) is 6.89. The molecule has 0 aliphatic heterocycles. The lowest BCUT2D eigenvalue weighted by Crippen LogP contribution is -2.48. The van der Waals surface area contributed by atoms with Crippen molar-refractivity contribution in [1.29, 1.82) is 0 Å². The summed E-state index contributed by atoms with van der Waals surface area (Å²) in [4.78, 5) is 24.6. The van der Waals surface area contributed by atoms with Crippen molar-refractivity contribution in [3.8, 4) is 0 Å². The molecule has 0 bridgehead atoms. The first kappa shape index (κ1) is 22.4. The second-order valence-electron chi connectivity index (χ2n) is 8.53. The van der Waals surface area contributed by atoms with Crippen LogP contribution < -0.4 is 16.4 Å². The molecule has 5 nitrogen and oxygen atoms in total. The van der Waals surface area contributed by atoms with Crippen LogP contribution in [0.5, 0.6) is 0 Å². The lowest BCUT2D eigenvalue weighted by molar-refractivity contribution is -0.135. The summed E-state index contributed by atoms with van der Waals surface area (Å²) in [5.74, 6) is -0.416. The Balaban J connectivity index is 1.79. The highest BCUT2D eigenvalue weighted by Crippen LogP contribution is 2.30. The molecule has 0 heterocycles. The van der Waals surface area contributed by atoms with Crippen LogP contribution in [0, 0.1) is 17.8 Å². The minimum Gasteiger partial charge on any atom is -0.369 e. The van der Waals surface area contributed by atoms with Crippen LogP contribution in [-0.2, 0) is 16.0 Å².